The van der Waals surface area contributed by atoms with E-state index in [0.717, 1.165) is 64.2 Å². The van der Waals surface area contributed by atoms with Crippen molar-refractivity contribution < 1.29 is 9.47 Å². The molecule has 7 aromatic rings. The highest BCUT2D eigenvalue weighted by Gasteiger charge is 2.14. The summed E-state index contributed by atoms with van der Waals surface area (Å²) >= 11 is 0. The Balaban J connectivity index is 1.07. The number of aryl methyl sites for hydroxylation is 3. The van der Waals surface area contributed by atoms with Gasteiger partial charge in [0.2, 0.25) is 0 Å². The van der Waals surface area contributed by atoms with E-state index in [4.69, 9.17) is 9.47 Å². The summed E-state index contributed by atoms with van der Waals surface area (Å²) < 4.78 is 11.6. The number of hydrogen-bond acceptors (Lipinski definition) is 4. The van der Waals surface area contributed by atoms with Crippen molar-refractivity contribution >= 4 is 34.1 Å². The van der Waals surface area contributed by atoms with Gasteiger partial charge in [-0.3, -0.25) is 0 Å². The molecule has 50 heavy (non-hydrogen) atoms. The SMILES string of the molecule is COc1ccc(CCc2ccc(N(c3ccccc3)c3ccc(Oc4ccc(N(c5ccccc5)c5ccc(C)cc5)cc4)cc3)cc2)cc1. The number of methoxy groups -OCH3 is 1. The lowest BCUT2D eigenvalue weighted by Crippen LogP contribution is -2.10. The van der Waals surface area contributed by atoms with Gasteiger partial charge in [0, 0.05) is 34.1 Å². The molecule has 0 heterocycles. The highest BCUT2D eigenvalue weighted by atomic mass is 16.5. The van der Waals surface area contributed by atoms with Gasteiger partial charge in [0.25, 0.3) is 0 Å². The van der Waals surface area contributed by atoms with E-state index in [1.54, 1.807) is 7.11 Å². The molecule has 0 aliphatic rings. The Bertz CT molecular complexity index is 2080. The first-order valence-electron chi connectivity index (χ1n) is 17.0. The van der Waals surface area contributed by atoms with Gasteiger partial charge in [0.05, 0.1) is 7.11 Å². The zero-order valence-electron chi connectivity index (χ0n) is 28.4. The van der Waals surface area contributed by atoms with E-state index in [-0.39, 0.29) is 0 Å². The average molecular weight is 653 g/mol. The molecule has 0 amide bonds. The molecule has 0 saturated heterocycles. The molecular weight excluding hydrogens is 613 g/mol. The molecule has 4 heteroatoms. The van der Waals surface area contributed by atoms with Crippen LogP contribution in [-0.4, -0.2) is 7.11 Å². The number of anilines is 6. The molecule has 0 aliphatic carbocycles. The summed E-state index contributed by atoms with van der Waals surface area (Å²) in [5, 5.41) is 0. The van der Waals surface area contributed by atoms with Crippen molar-refractivity contribution in [1.29, 1.82) is 0 Å². The summed E-state index contributed by atoms with van der Waals surface area (Å²) in [5.41, 5.74) is 10.4. The predicted octanol–water partition coefficient (Wildman–Crippen LogP) is 12.5. The molecule has 0 spiro atoms. The Morgan fingerprint density at radius 2 is 0.680 bits per heavy atom. The van der Waals surface area contributed by atoms with Gasteiger partial charge in [0.15, 0.2) is 0 Å². The summed E-state index contributed by atoms with van der Waals surface area (Å²) in [6.45, 7) is 2.11. The molecule has 0 bridgehead atoms. The number of hydrogen-bond donors (Lipinski definition) is 0. The van der Waals surface area contributed by atoms with Gasteiger partial charge >= 0.3 is 0 Å². The molecule has 246 valence electrons. The van der Waals surface area contributed by atoms with Crippen LogP contribution in [-0.2, 0) is 12.8 Å². The Labute approximate surface area is 295 Å². The van der Waals surface area contributed by atoms with Crippen LogP contribution in [0.25, 0.3) is 0 Å². The fourth-order valence-corrected chi connectivity index (χ4v) is 6.10. The lowest BCUT2D eigenvalue weighted by atomic mass is 10.0. The highest BCUT2D eigenvalue weighted by molar-refractivity contribution is 5.78. The molecule has 0 atom stereocenters. The molecule has 0 unspecified atom stereocenters. The first kappa shape index (κ1) is 32.3. The fourth-order valence-electron chi connectivity index (χ4n) is 6.10. The minimum absolute atomic E-state index is 0.779. The lowest BCUT2D eigenvalue weighted by Gasteiger charge is -2.26. The quantitative estimate of drug-likeness (QED) is 0.131. The van der Waals surface area contributed by atoms with Crippen LogP contribution in [0.1, 0.15) is 16.7 Å². The van der Waals surface area contributed by atoms with Gasteiger partial charge < -0.3 is 19.3 Å². The monoisotopic (exact) mass is 652 g/mol. The van der Waals surface area contributed by atoms with Crippen molar-refractivity contribution in [3.63, 3.8) is 0 Å². The fraction of sp³-hybridized carbons (Fsp3) is 0.0870. The number of para-hydroxylation sites is 2. The summed E-state index contributed by atoms with van der Waals surface area (Å²) in [4.78, 5) is 4.53. The third-order valence-electron chi connectivity index (χ3n) is 8.80. The molecular formula is C46H40N2O2. The summed E-state index contributed by atoms with van der Waals surface area (Å²) in [6.07, 6.45) is 1.95. The summed E-state index contributed by atoms with van der Waals surface area (Å²) in [6, 6.07) is 63.3. The lowest BCUT2D eigenvalue weighted by molar-refractivity contribution is 0.414. The van der Waals surface area contributed by atoms with Gasteiger partial charge in [-0.25, -0.2) is 0 Å². The van der Waals surface area contributed by atoms with Crippen LogP contribution in [0.2, 0.25) is 0 Å². The minimum atomic E-state index is 0.779. The van der Waals surface area contributed by atoms with E-state index in [1.165, 1.54) is 16.7 Å². The van der Waals surface area contributed by atoms with Crippen LogP contribution in [0.4, 0.5) is 34.1 Å². The van der Waals surface area contributed by atoms with Crippen molar-refractivity contribution in [2.24, 2.45) is 0 Å². The zero-order chi connectivity index (χ0) is 34.1. The molecule has 0 radical (unpaired) electrons. The Hall–Kier alpha value is -6.26. The van der Waals surface area contributed by atoms with Crippen LogP contribution in [0.3, 0.4) is 0 Å². The van der Waals surface area contributed by atoms with E-state index < -0.39 is 0 Å². The Morgan fingerprint density at radius 3 is 1.08 bits per heavy atom. The van der Waals surface area contributed by atoms with Crippen molar-refractivity contribution in [3.8, 4) is 17.2 Å². The second kappa shape index (κ2) is 15.3. The number of benzene rings is 7. The Kier molecular flexibility index (Phi) is 9.89. The van der Waals surface area contributed by atoms with E-state index in [0.29, 0.717) is 0 Å². The normalized spacial score (nSPS) is 10.8. The minimum Gasteiger partial charge on any atom is -0.497 e. The molecule has 7 aromatic carbocycles. The maximum atomic E-state index is 6.33. The molecule has 0 N–H and O–H groups in total. The van der Waals surface area contributed by atoms with Gasteiger partial charge in [0.1, 0.15) is 17.2 Å². The third-order valence-corrected chi connectivity index (χ3v) is 8.80. The summed E-state index contributed by atoms with van der Waals surface area (Å²) in [5.74, 6) is 2.45. The van der Waals surface area contributed by atoms with Crippen LogP contribution in [0.5, 0.6) is 17.2 Å². The van der Waals surface area contributed by atoms with E-state index in [9.17, 15) is 0 Å². The standard InChI is InChI=1S/C46H40N2O2/c1-35-13-21-40(22-14-35)47(38-9-5-3-6-10-38)42-25-31-45(32-26-42)50-46-33-27-43(28-34-46)48(39-11-7-4-8-12-39)41-23-17-36(18-24-41)15-16-37-19-29-44(49-2)30-20-37/h3-14,17-34H,15-16H2,1-2H3. The molecule has 0 aliphatic heterocycles. The highest BCUT2D eigenvalue weighted by Crippen LogP contribution is 2.38. The van der Waals surface area contributed by atoms with Crippen LogP contribution in [0, 0.1) is 6.92 Å². The largest absolute Gasteiger partial charge is 0.497 e. The smallest absolute Gasteiger partial charge is 0.127 e. The maximum Gasteiger partial charge on any atom is 0.127 e. The number of nitrogens with zero attached hydrogens (tertiary/aromatic N) is 2. The maximum absolute atomic E-state index is 6.33. The van der Waals surface area contributed by atoms with Gasteiger partial charge in [-0.1, -0.05) is 78.4 Å². The van der Waals surface area contributed by atoms with E-state index in [2.05, 4.69) is 150 Å². The first-order chi connectivity index (χ1) is 24.6. The van der Waals surface area contributed by atoms with E-state index in [1.807, 2.05) is 48.5 Å². The van der Waals surface area contributed by atoms with Crippen molar-refractivity contribution in [1.82, 2.24) is 0 Å². The zero-order valence-corrected chi connectivity index (χ0v) is 28.4. The van der Waals surface area contributed by atoms with Crippen LogP contribution >= 0.6 is 0 Å². The van der Waals surface area contributed by atoms with Crippen LogP contribution < -0.4 is 19.3 Å². The second-order valence-corrected chi connectivity index (χ2v) is 12.3. The number of rotatable bonds is 12. The topological polar surface area (TPSA) is 24.9 Å². The Morgan fingerprint density at radius 1 is 0.360 bits per heavy atom. The van der Waals surface area contributed by atoms with E-state index >= 15 is 0 Å². The predicted molar refractivity (Wildman–Crippen MR) is 207 cm³/mol. The molecule has 7 rings (SSSR count). The van der Waals surface area contributed by atoms with Gasteiger partial charge in [-0.05, 0) is 140 Å². The molecule has 4 nitrogen and oxygen atoms in total. The summed E-state index contributed by atoms with van der Waals surface area (Å²) in [7, 11) is 1.70. The van der Waals surface area contributed by atoms with Crippen LogP contribution in [0.15, 0.2) is 182 Å². The number of ether oxygens (including phenoxy) is 2. The van der Waals surface area contributed by atoms with Crippen molar-refractivity contribution in [2.75, 3.05) is 16.9 Å². The second-order valence-electron chi connectivity index (χ2n) is 12.3. The first-order valence-corrected chi connectivity index (χ1v) is 17.0. The van der Waals surface area contributed by atoms with Crippen molar-refractivity contribution in [2.45, 2.75) is 19.8 Å². The van der Waals surface area contributed by atoms with Gasteiger partial charge in [-0.2, -0.15) is 0 Å². The third kappa shape index (κ3) is 7.72. The molecule has 0 saturated carbocycles. The van der Waals surface area contributed by atoms with Gasteiger partial charge in [-0.15, -0.1) is 0 Å². The molecule has 0 aromatic heterocycles. The molecule has 0 fully saturated rings. The average Bonchev–Trinajstić information content (AvgIpc) is 3.18. The van der Waals surface area contributed by atoms with Crippen molar-refractivity contribution in [3.05, 3.63) is 199 Å².